The zero-order chi connectivity index (χ0) is 19.0. The van der Waals surface area contributed by atoms with Crippen molar-refractivity contribution >= 4 is 5.69 Å². The van der Waals surface area contributed by atoms with Gasteiger partial charge in [0.05, 0.1) is 11.8 Å². The van der Waals surface area contributed by atoms with Gasteiger partial charge >= 0.3 is 0 Å². The number of benzene rings is 1. The van der Waals surface area contributed by atoms with E-state index in [-0.39, 0.29) is 12.0 Å². The van der Waals surface area contributed by atoms with Crippen LogP contribution in [-0.4, -0.2) is 53.5 Å². The maximum atomic E-state index is 13.5. The molecular formula is C20H25F2N3O2. The van der Waals surface area contributed by atoms with Crippen molar-refractivity contribution in [2.45, 2.75) is 38.3 Å². The fourth-order valence-corrected chi connectivity index (χ4v) is 4.33. The quantitative estimate of drug-likeness (QED) is 0.888. The van der Waals surface area contributed by atoms with E-state index in [0.717, 1.165) is 49.6 Å². The van der Waals surface area contributed by atoms with Crippen LogP contribution in [0.2, 0.25) is 0 Å². The molecule has 2 saturated heterocycles. The largest absolute Gasteiger partial charge is 0.391 e. The number of nitrogens with zero attached hydrogens (tertiary/aromatic N) is 3. The number of aliphatic hydroxyl groups excluding tert-OH is 1. The molecule has 0 unspecified atom stereocenters. The second-order valence-corrected chi connectivity index (χ2v) is 7.74. The van der Waals surface area contributed by atoms with Gasteiger partial charge in [-0.05, 0) is 31.9 Å². The van der Waals surface area contributed by atoms with Crippen LogP contribution in [0.15, 0.2) is 28.8 Å². The summed E-state index contributed by atoms with van der Waals surface area (Å²) < 4.78 is 31.9. The summed E-state index contributed by atoms with van der Waals surface area (Å²) in [6, 6.07) is 6.42. The van der Waals surface area contributed by atoms with Crippen LogP contribution in [0.25, 0.3) is 0 Å². The van der Waals surface area contributed by atoms with Crippen LogP contribution in [-0.2, 0) is 6.42 Å². The van der Waals surface area contributed by atoms with E-state index in [2.05, 4.69) is 15.0 Å². The lowest BCUT2D eigenvalue weighted by molar-refractivity contribution is 0.129. The molecule has 4 rings (SSSR count). The van der Waals surface area contributed by atoms with Crippen molar-refractivity contribution in [1.29, 1.82) is 0 Å². The monoisotopic (exact) mass is 377 g/mol. The number of β-amino-alcohol motifs (C(OH)–C–C–N with tert-alkyl or cyclic N) is 1. The highest BCUT2D eigenvalue weighted by molar-refractivity contribution is 5.47. The van der Waals surface area contributed by atoms with Crippen molar-refractivity contribution in [3.05, 3.63) is 47.4 Å². The van der Waals surface area contributed by atoms with Gasteiger partial charge in [0.2, 0.25) is 0 Å². The Bertz CT molecular complexity index is 789. The second-order valence-electron chi connectivity index (χ2n) is 7.74. The van der Waals surface area contributed by atoms with Gasteiger partial charge in [-0.3, -0.25) is 4.90 Å². The maximum absolute atomic E-state index is 13.5. The molecule has 0 bridgehead atoms. The molecule has 2 fully saturated rings. The molecule has 27 heavy (non-hydrogen) atoms. The maximum Gasteiger partial charge on any atom is 0.160 e. The first-order chi connectivity index (χ1) is 13.0. The third-order valence-corrected chi connectivity index (χ3v) is 5.82. The standard InChI is InChI=1S/C20H25F2N3O2/c1-13-8-17(27-23-13)9-14-11-25(12-20(14)26)15-4-6-24(7-5-15)16-2-3-18(21)19(22)10-16/h2-3,8,10,14-15,20,26H,4-7,9,11-12H2,1H3/t14-,20+/m1/s1. The van der Waals surface area contributed by atoms with Crippen molar-refractivity contribution < 1.29 is 18.4 Å². The minimum Gasteiger partial charge on any atom is -0.391 e. The lowest BCUT2D eigenvalue weighted by Gasteiger charge is -2.38. The first-order valence-electron chi connectivity index (χ1n) is 9.54. The first kappa shape index (κ1) is 18.4. The molecule has 1 aromatic carbocycles. The summed E-state index contributed by atoms with van der Waals surface area (Å²) >= 11 is 0. The van der Waals surface area contributed by atoms with Gasteiger partial charge in [-0.15, -0.1) is 0 Å². The predicted molar refractivity (Wildman–Crippen MR) is 97.6 cm³/mol. The Kier molecular flexibility index (Phi) is 5.14. The second kappa shape index (κ2) is 7.56. The average molecular weight is 377 g/mol. The van der Waals surface area contributed by atoms with E-state index < -0.39 is 11.6 Å². The molecule has 3 heterocycles. The highest BCUT2D eigenvalue weighted by Gasteiger charge is 2.36. The molecular weight excluding hydrogens is 352 g/mol. The van der Waals surface area contributed by atoms with E-state index in [0.29, 0.717) is 19.0 Å². The summed E-state index contributed by atoms with van der Waals surface area (Å²) in [5, 5.41) is 14.4. The molecule has 0 amide bonds. The summed E-state index contributed by atoms with van der Waals surface area (Å²) in [7, 11) is 0. The minimum absolute atomic E-state index is 0.154. The van der Waals surface area contributed by atoms with Gasteiger partial charge in [-0.1, -0.05) is 5.16 Å². The van der Waals surface area contributed by atoms with Crippen LogP contribution < -0.4 is 4.90 Å². The number of hydrogen-bond acceptors (Lipinski definition) is 5. The highest BCUT2D eigenvalue weighted by atomic mass is 19.2. The van der Waals surface area contributed by atoms with Gasteiger partial charge in [0, 0.05) is 62.4 Å². The third-order valence-electron chi connectivity index (χ3n) is 5.82. The number of hydrogen-bond donors (Lipinski definition) is 1. The fraction of sp³-hybridized carbons (Fsp3) is 0.550. The predicted octanol–water partition coefficient (Wildman–Crippen LogP) is 2.77. The number of piperidine rings is 1. The molecule has 0 radical (unpaired) electrons. The van der Waals surface area contributed by atoms with Crippen molar-refractivity contribution in [3.63, 3.8) is 0 Å². The summed E-state index contributed by atoms with van der Waals surface area (Å²) in [5.41, 5.74) is 1.59. The lowest BCUT2D eigenvalue weighted by atomic mass is 10.00. The average Bonchev–Trinajstić information content (AvgIpc) is 3.23. The molecule has 2 aromatic rings. The zero-order valence-corrected chi connectivity index (χ0v) is 15.4. The van der Waals surface area contributed by atoms with Crippen molar-refractivity contribution in [3.8, 4) is 0 Å². The topological polar surface area (TPSA) is 52.7 Å². The van der Waals surface area contributed by atoms with Crippen molar-refractivity contribution in [1.82, 2.24) is 10.1 Å². The van der Waals surface area contributed by atoms with Gasteiger partial charge in [0.25, 0.3) is 0 Å². The summed E-state index contributed by atoms with van der Waals surface area (Å²) in [5.74, 6) is -0.636. The SMILES string of the molecule is Cc1cc(C[C@@H]2CN(C3CCN(c4ccc(F)c(F)c4)CC3)C[C@@H]2O)on1. The first-order valence-corrected chi connectivity index (χ1v) is 9.54. The molecule has 0 saturated carbocycles. The Balaban J connectivity index is 1.32. The van der Waals surface area contributed by atoms with Gasteiger partial charge in [0.15, 0.2) is 11.6 Å². The molecule has 2 atom stereocenters. The lowest BCUT2D eigenvalue weighted by Crippen LogP contribution is -2.44. The van der Waals surface area contributed by atoms with Crippen LogP contribution in [0, 0.1) is 24.5 Å². The number of halogens is 2. The molecule has 7 heteroatoms. The molecule has 146 valence electrons. The molecule has 5 nitrogen and oxygen atoms in total. The van der Waals surface area contributed by atoms with Crippen LogP contribution >= 0.6 is 0 Å². The van der Waals surface area contributed by atoms with E-state index in [1.807, 2.05) is 13.0 Å². The number of aliphatic hydroxyl groups is 1. The summed E-state index contributed by atoms with van der Waals surface area (Å²) in [6.07, 6.45) is 2.23. The van der Waals surface area contributed by atoms with Crippen LogP contribution in [0.5, 0.6) is 0 Å². The third kappa shape index (κ3) is 3.99. The van der Waals surface area contributed by atoms with Crippen LogP contribution in [0.4, 0.5) is 14.5 Å². The molecule has 1 aromatic heterocycles. The molecule has 0 spiro atoms. The van der Waals surface area contributed by atoms with Gasteiger partial charge in [-0.2, -0.15) is 0 Å². The van der Waals surface area contributed by atoms with E-state index in [1.165, 1.54) is 12.1 Å². The number of anilines is 1. The number of aryl methyl sites for hydroxylation is 1. The van der Waals surface area contributed by atoms with Crippen molar-refractivity contribution in [2.75, 3.05) is 31.1 Å². The Labute approximate surface area is 157 Å². The van der Waals surface area contributed by atoms with Crippen LogP contribution in [0.1, 0.15) is 24.3 Å². The number of likely N-dealkylation sites (tertiary alicyclic amines) is 1. The minimum atomic E-state index is -0.812. The molecule has 2 aliphatic rings. The van der Waals surface area contributed by atoms with Gasteiger partial charge in [-0.25, -0.2) is 8.78 Å². The van der Waals surface area contributed by atoms with Crippen LogP contribution in [0.3, 0.4) is 0 Å². The van der Waals surface area contributed by atoms with E-state index >= 15 is 0 Å². The van der Waals surface area contributed by atoms with Gasteiger partial charge in [0.1, 0.15) is 5.76 Å². The molecule has 0 aliphatic carbocycles. The van der Waals surface area contributed by atoms with E-state index in [1.54, 1.807) is 6.07 Å². The Morgan fingerprint density at radius 1 is 1.15 bits per heavy atom. The Morgan fingerprint density at radius 3 is 2.59 bits per heavy atom. The fourth-order valence-electron chi connectivity index (χ4n) is 4.33. The Hall–Kier alpha value is -1.99. The smallest absolute Gasteiger partial charge is 0.160 e. The Morgan fingerprint density at radius 2 is 1.93 bits per heavy atom. The normalized spacial score (nSPS) is 24.7. The highest BCUT2D eigenvalue weighted by Crippen LogP contribution is 2.29. The van der Waals surface area contributed by atoms with Crippen molar-refractivity contribution in [2.24, 2.45) is 5.92 Å². The summed E-state index contributed by atoms with van der Waals surface area (Å²) in [6.45, 7) is 5.01. The van der Waals surface area contributed by atoms with Gasteiger partial charge < -0.3 is 14.5 Å². The molecule has 1 N–H and O–H groups in total. The number of aromatic nitrogens is 1. The molecule has 2 aliphatic heterocycles. The summed E-state index contributed by atoms with van der Waals surface area (Å²) in [4.78, 5) is 4.46. The zero-order valence-electron chi connectivity index (χ0n) is 15.4. The van der Waals surface area contributed by atoms with E-state index in [9.17, 15) is 13.9 Å². The van der Waals surface area contributed by atoms with E-state index in [4.69, 9.17) is 4.52 Å². The number of rotatable bonds is 4.